The SMILES string of the molecule is O=c1[nH]c(=O)c2ncn(C3CC(O)C(CO)O3)c2[nH]1. The summed E-state index contributed by atoms with van der Waals surface area (Å²) in [5, 5.41) is 18.7. The average molecular weight is 268 g/mol. The number of rotatable bonds is 2. The fourth-order valence-electron chi connectivity index (χ4n) is 2.22. The van der Waals surface area contributed by atoms with Gasteiger partial charge in [0.1, 0.15) is 18.0 Å². The highest BCUT2D eigenvalue weighted by molar-refractivity contribution is 5.68. The van der Waals surface area contributed by atoms with Crippen LogP contribution in [0.5, 0.6) is 0 Å². The summed E-state index contributed by atoms with van der Waals surface area (Å²) in [4.78, 5) is 31.2. The Kier molecular flexibility index (Phi) is 2.73. The standard InChI is InChI=1S/C10H12N4O5/c15-2-5-4(16)1-6(19-5)14-3-11-7-8(14)12-10(18)13-9(7)17/h3-6,15-16H,1-2H2,(H2,12,13,17,18). The van der Waals surface area contributed by atoms with Crippen molar-refractivity contribution in [1.29, 1.82) is 0 Å². The minimum Gasteiger partial charge on any atom is -0.394 e. The predicted molar refractivity (Wildman–Crippen MR) is 62.6 cm³/mol. The molecule has 0 radical (unpaired) electrons. The van der Waals surface area contributed by atoms with Crippen molar-refractivity contribution < 1.29 is 14.9 Å². The average Bonchev–Trinajstić information content (AvgIpc) is 2.92. The second kappa shape index (κ2) is 4.30. The van der Waals surface area contributed by atoms with Gasteiger partial charge in [-0.1, -0.05) is 0 Å². The lowest BCUT2D eigenvalue weighted by Gasteiger charge is -2.13. The quantitative estimate of drug-likeness (QED) is 0.500. The van der Waals surface area contributed by atoms with E-state index in [1.165, 1.54) is 10.9 Å². The van der Waals surface area contributed by atoms with Crippen LogP contribution in [0.1, 0.15) is 12.6 Å². The minimum atomic E-state index is -0.804. The molecule has 0 aromatic carbocycles. The number of hydrogen-bond donors (Lipinski definition) is 4. The lowest BCUT2D eigenvalue weighted by atomic mass is 10.2. The molecule has 3 unspecified atom stereocenters. The van der Waals surface area contributed by atoms with Crippen molar-refractivity contribution in [3.63, 3.8) is 0 Å². The first-order chi connectivity index (χ1) is 9.10. The Morgan fingerprint density at radius 3 is 2.95 bits per heavy atom. The largest absolute Gasteiger partial charge is 0.394 e. The third-order valence-corrected chi connectivity index (χ3v) is 3.16. The fourth-order valence-corrected chi connectivity index (χ4v) is 2.22. The number of aromatic amines is 2. The summed E-state index contributed by atoms with van der Waals surface area (Å²) in [6, 6.07) is 0. The Morgan fingerprint density at radius 1 is 1.47 bits per heavy atom. The zero-order valence-electron chi connectivity index (χ0n) is 9.74. The number of nitrogens with one attached hydrogen (secondary N) is 2. The molecule has 3 rings (SSSR count). The molecule has 9 nitrogen and oxygen atoms in total. The normalized spacial score (nSPS) is 27.2. The number of imidazole rings is 1. The predicted octanol–water partition coefficient (Wildman–Crippen LogP) is -1.95. The first-order valence-corrected chi connectivity index (χ1v) is 5.73. The number of fused-ring (bicyclic) bond motifs is 1. The van der Waals surface area contributed by atoms with Gasteiger partial charge in [0, 0.05) is 6.42 Å². The molecular weight excluding hydrogens is 256 g/mol. The molecule has 0 bridgehead atoms. The first-order valence-electron chi connectivity index (χ1n) is 5.73. The molecule has 1 aliphatic rings. The van der Waals surface area contributed by atoms with Crippen LogP contribution in [0.25, 0.3) is 11.2 Å². The third kappa shape index (κ3) is 1.87. The van der Waals surface area contributed by atoms with Crippen molar-refractivity contribution >= 4 is 11.2 Å². The van der Waals surface area contributed by atoms with Gasteiger partial charge in [-0.3, -0.25) is 19.3 Å². The number of aliphatic hydroxyl groups is 2. The smallest absolute Gasteiger partial charge is 0.327 e. The van der Waals surface area contributed by atoms with E-state index >= 15 is 0 Å². The van der Waals surface area contributed by atoms with Crippen LogP contribution in [-0.2, 0) is 4.74 Å². The van der Waals surface area contributed by atoms with E-state index in [9.17, 15) is 14.7 Å². The third-order valence-electron chi connectivity index (χ3n) is 3.16. The van der Waals surface area contributed by atoms with E-state index in [1.54, 1.807) is 0 Å². The zero-order chi connectivity index (χ0) is 13.6. The zero-order valence-corrected chi connectivity index (χ0v) is 9.74. The minimum absolute atomic E-state index is 0.0881. The van der Waals surface area contributed by atoms with Crippen molar-refractivity contribution in [2.45, 2.75) is 24.9 Å². The van der Waals surface area contributed by atoms with Gasteiger partial charge < -0.3 is 14.9 Å². The molecule has 0 saturated carbocycles. The van der Waals surface area contributed by atoms with Gasteiger partial charge in [-0.05, 0) is 0 Å². The Balaban J connectivity index is 2.07. The monoisotopic (exact) mass is 268 g/mol. The van der Waals surface area contributed by atoms with Gasteiger partial charge in [0.15, 0.2) is 5.52 Å². The summed E-state index contributed by atoms with van der Waals surface area (Å²) >= 11 is 0. The van der Waals surface area contributed by atoms with Gasteiger partial charge in [-0.25, -0.2) is 9.78 Å². The van der Waals surface area contributed by atoms with Crippen LogP contribution >= 0.6 is 0 Å². The summed E-state index contributed by atoms with van der Waals surface area (Å²) in [7, 11) is 0. The number of ether oxygens (including phenoxy) is 1. The molecule has 3 atom stereocenters. The number of aromatic nitrogens is 4. The van der Waals surface area contributed by atoms with Gasteiger partial charge >= 0.3 is 5.69 Å². The van der Waals surface area contributed by atoms with E-state index in [-0.39, 0.29) is 24.2 Å². The molecule has 4 N–H and O–H groups in total. The van der Waals surface area contributed by atoms with Crippen molar-refractivity contribution in [2.75, 3.05) is 6.61 Å². The first kappa shape index (κ1) is 12.1. The van der Waals surface area contributed by atoms with Crippen LogP contribution in [-0.4, -0.2) is 48.5 Å². The van der Waals surface area contributed by atoms with E-state index in [4.69, 9.17) is 9.84 Å². The van der Waals surface area contributed by atoms with E-state index in [1.807, 2.05) is 0 Å². The van der Waals surface area contributed by atoms with Crippen molar-refractivity contribution in [2.24, 2.45) is 0 Å². The van der Waals surface area contributed by atoms with Crippen LogP contribution < -0.4 is 11.2 Å². The molecular formula is C10H12N4O5. The molecule has 2 aromatic heterocycles. The highest BCUT2D eigenvalue weighted by atomic mass is 16.5. The number of hydrogen-bond acceptors (Lipinski definition) is 6. The molecule has 102 valence electrons. The van der Waals surface area contributed by atoms with Gasteiger partial charge in [0.25, 0.3) is 5.56 Å². The van der Waals surface area contributed by atoms with E-state index in [2.05, 4.69) is 15.0 Å². The van der Waals surface area contributed by atoms with E-state index in [0.29, 0.717) is 0 Å². The van der Waals surface area contributed by atoms with Crippen molar-refractivity contribution in [3.8, 4) is 0 Å². The molecule has 19 heavy (non-hydrogen) atoms. The Morgan fingerprint density at radius 2 is 2.26 bits per heavy atom. The summed E-state index contributed by atoms with van der Waals surface area (Å²) < 4.78 is 6.91. The molecule has 1 saturated heterocycles. The van der Waals surface area contributed by atoms with Crippen LogP contribution in [0.3, 0.4) is 0 Å². The van der Waals surface area contributed by atoms with E-state index in [0.717, 1.165) is 0 Å². The maximum absolute atomic E-state index is 11.5. The summed E-state index contributed by atoms with van der Waals surface area (Å²) in [5.41, 5.74) is -0.916. The maximum Gasteiger partial charge on any atom is 0.327 e. The van der Waals surface area contributed by atoms with Crippen molar-refractivity contribution in [3.05, 3.63) is 27.2 Å². The van der Waals surface area contributed by atoms with Gasteiger partial charge in [0.05, 0.1) is 19.0 Å². The fraction of sp³-hybridized carbons (Fsp3) is 0.500. The maximum atomic E-state index is 11.5. The molecule has 0 aliphatic carbocycles. The molecule has 1 fully saturated rings. The Hall–Kier alpha value is -1.97. The van der Waals surface area contributed by atoms with E-state index < -0.39 is 29.7 Å². The topological polar surface area (TPSA) is 133 Å². The summed E-state index contributed by atoms with van der Waals surface area (Å²) in [5.74, 6) is 0. The lowest BCUT2D eigenvalue weighted by Crippen LogP contribution is -2.24. The molecule has 0 amide bonds. The van der Waals surface area contributed by atoms with Gasteiger partial charge in [0.2, 0.25) is 0 Å². The lowest BCUT2D eigenvalue weighted by molar-refractivity contribution is -0.0432. The summed E-state index contributed by atoms with van der Waals surface area (Å²) in [6.07, 6.45) is -0.481. The van der Waals surface area contributed by atoms with Crippen LogP contribution in [0.2, 0.25) is 0 Å². The molecule has 9 heteroatoms. The van der Waals surface area contributed by atoms with Crippen LogP contribution in [0.4, 0.5) is 0 Å². The van der Waals surface area contributed by atoms with Crippen LogP contribution in [0.15, 0.2) is 15.9 Å². The molecule has 1 aliphatic heterocycles. The number of nitrogens with zero attached hydrogens (tertiary/aromatic N) is 2. The Bertz CT molecular complexity index is 717. The molecule has 0 spiro atoms. The molecule has 3 heterocycles. The second-order valence-corrected chi connectivity index (χ2v) is 4.37. The Labute approximate surface area is 105 Å². The van der Waals surface area contributed by atoms with Gasteiger partial charge in [-0.2, -0.15) is 0 Å². The van der Waals surface area contributed by atoms with Crippen molar-refractivity contribution in [1.82, 2.24) is 19.5 Å². The number of aliphatic hydroxyl groups excluding tert-OH is 2. The number of H-pyrrole nitrogens is 2. The molecule has 2 aromatic rings. The van der Waals surface area contributed by atoms with Crippen LogP contribution in [0, 0.1) is 0 Å². The highest BCUT2D eigenvalue weighted by Crippen LogP contribution is 2.29. The van der Waals surface area contributed by atoms with Gasteiger partial charge in [-0.15, -0.1) is 0 Å². The summed E-state index contributed by atoms with van der Waals surface area (Å²) in [6.45, 7) is -0.304. The second-order valence-electron chi connectivity index (χ2n) is 4.37. The highest BCUT2D eigenvalue weighted by Gasteiger charge is 2.35.